The van der Waals surface area contributed by atoms with E-state index in [1.54, 1.807) is 0 Å². The van der Waals surface area contributed by atoms with E-state index in [-0.39, 0.29) is 18.3 Å². The smallest absolute Gasteiger partial charge is 0.473 e. The van der Waals surface area contributed by atoms with Crippen LogP contribution >= 0.6 is 0 Å². The van der Waals surface area contributed by atoms with Gasteiger partial charge in [0.15, 0.2) is 0 Å². The Hall–Kier alpha value is -1.48. The number of hydrogen-bond donors (Lipinski definition) is 1. The third-order valence-corrected chi connectivity index (χ3v) is 4.30. The number of esters is 1. The number of rotatable bonds is 5. The summed E-state index contributed by atoms with van der Waals surface area (Å²) in [5, 5.41) is 7.97. The monoisotopic (exact) mass is 334 g/mol. The second-order valence-corrected chi connectivity index (χ2v) is 5.67. The third kappa shape index (κ3) is 2.41. The molecule has 22 heavy (non-hydrogen) atoms. The molecule has 0 radical (unpaired) electrons. The van der Waals surface area contributed by atoms with Crippen molar-refractivity contribution in [2.24, 2.45) is 17.8 Å². The molecule has 2 fully saturated rings. The second-order valence-electron chi connectivity index (χ2n) is 5.67. The molecule has 0 amide bonds. The fraction of sp³-hybridized carbons (Fsp3) is 0.833. The van der Waals surface area contributed by atoms with E-state index in [4.69, 9.17) is 5.11 Å². The maximum atomic E-state index is 13.3. The Bertz CT molecular complexity index is 492. The summed E-state index contributed by atoms with van der Waals surface area (Å²) >= 11 is 0. The summed E-state index contributed by atoms with van der Waals surface area (Å²) in [5.41, 5.74) is 0. The zero-order valence-electron chi connectivity index (χ0n) is 11.0. The molecular weight excluding hydrogens is 322 g/mol. The summed E-state index contributed by atoms with van der Waals surface area (Å²) in [6.07, 6.45) is -3.82. The zero-order chi connectivity index (χ0) is 16.9. The van der Waals surface area contributed by atoms with Crippen LogP contribution < -0.4 is 0 Å². The first kappa shape index (κ1) is 16.9. The lowest BCUT2D eigenvalue weighted by Gasteiger charge is -2.30. The molecule has 2 aliphatic carbocycles. The maximum absolute atomic E-state index is 13.3. The van der Waals surface area contributed by atoms with Crippen LogP contribution in [0.25, 0.3) is 0 Å². The van der Waals surface area contributed by atoms with Gasteiger partial charge in [0.1, 0.15) is 0 Å². The Morgan fingerprint density at radius 1 is 1.00 bits per heavy atom. The van der Waals surface area contributed by atoms with Crippen molar-refractivity contribution >= 4 is 11.9 Å². The third-order valence-electron chi connectivity index (χ3n) is 4.30. The lowest BCUT2D eigenvalue weighted by atomic mass is 9.89. The van der Waals surface area contributed by atoms with Gasteiger partial charge in [-0.05, 0) is 31.1 Å². The Balaban J connectivity index is 2.13. The zero-order valence-corrected chi connectivity index (χ0v) is 11.0. The van der Waals surface area contributed by atoms with Gasteiger partial charge in [0, 0.05) is 0 Å². The number of carbonyl (C=O) groups excluding carboxylic acids is 1. The first-order valence-electron chi connectivity index (χ1n) is 6.50. The van der Waals surface area contributed by atoms with Crippen LogP contribution in [-0.2, 0) is 14.3 Å². The Labute approximate surface area is 120 Å². The van der Waals surface area contributed by atoms with E-state index >= 15 is 0 Å². The van der Waals surface area contributed by atoms with Gasteiger partial charge in [0.25, 0.3) is 0 Å². The molecule has 3 unspecified atom stereocenters. The van der Waals surface area contributed by atoms with Gasteiger partial charge >= 0.3 is 29.9 Å². The molecule has 10 heteroatoms. The van der Waals surface area contributed by atoms with Gasteiger partial charge in [-0.3, -0.25) is 4.79 Å². The van der Waals surface area contributed by atoms with Crippen LogP contribution in [-0.4, -0.2) is 35.0 Å². The average Bonchev–Trinajstić information content (AvgIpc) is 2.99. The molecule has 126 valence electrons. The molecule has 2 saturated carbocycles. The molecule has 0 aromatic heterocycles. The number of hydrogen-bond acceptors (Lipinski definition) is 3. The van der Waals surface area contributed by atoms with Crippen LogP contribution in [0.3, 0.4) is 0 Å². The summed E-state index contributed by atoms with van der Waals surface area (Å²) < 4.78 is 81.6. The molecule has 2 rings (SSSR count). The van der Waals surface area contributed by atoms with Gasteiger partial charge in [0.2, 0.25) is 0 Å². The number of carboxylic acids is 1. The molecule has 0 heterocycles. The maximum Gasteiger partial charge on any atom is 0.473 e. The summed E-state index contributed by atoms with van der Waals surface area (Å²) in [4.78, 5) is 21.6. The number of alkyl halides is 6. The van der Waals surface area contributed by atoms with Crippen molar-refractivity contribution in [1.82, 2.24) is 0 Å². The van der Waals surface area contributed by atoms with Crippen LogP contribution in [0.2, 0.25) is 0 Å². The van der Waals surface area contributed by atoms with Crippen molar-refractivity contribution < 1.29 is 45.8 Å². The average molecular weight is 334 g/mol. The van der Waals surface area contributed by atoms with Gasteiger partial charge in [-0.15, -0.1) is 0 Å². The summed E-state index contributed by atoms with van der Waals surface area (Å²) in [6, 6.07) is 0. The molecule has 1 N–H and O–H groups in total. The van der Waals surface area contributed by atoms with Crippen molar-refractivity contribution in [2.45, 2.75) is 43.6 Å². The van der Waals surface area contributed by atoms with Crippen LogP contribution in [0.5, 0.6) is 0 Å². The van der Waals surface area contributed by atoms with E-state index in [1.165, 1.54) is 0 Å². The van der Waals surface area contributed by atoms with Crippen molar-refractivity contribution in [3.05, 3.63) is 0 Å². The van der Waals surface area contributed by atoms with E-state index in [0.29, 0.717) is 12.8 Å². The highest BCUT2D eigenvalue weighted by molar-refractivity contribution is 5.77. The molecular formula is C12H12F6O4. The van der Waals surface area contributed by atoms with Crippen LogP contribution in [0.4, 0.5) is 26.3 Å². The van der Waals surface area contributed by atoms with Crippen molar-refractivity contribution in [1.29, 1.82) is 0 Å². The summed E-state index contributed by atoms with van der Waals surface area (Å²) in [5.74, 6) is -18.8. The van der Waals surface area contributed by atoms with Crippen LogP contribution in [0.1, 0.15) is 25.7 Å². The molecule has 0 aromatic carbocycles. The molecule has 0 saturated heterocycles. The quantitative estimate of drug-likeness (QED) is 0.620. The molecule has 3 atom stereocenters. The normalized spacial score (nSPS) is 28.7. The van der Waals surface area contributed by atoms with Gasteiger partial charge in [-0.25, -0.2) is 4.79 Å². The van der Waals surface area contributed by atoms with Gasteiger partial charge in [-0.1, -0.05) is 6.42 Å². The van der Waals surface area contributed by atoms with Gasteiger partial charge in [0.05, 0.1) is 5.92 Å². The Morgan fingerprint density at radius 2 is 1.59 bits per heavy atom. The summed E-state index contributed by atoms with van der Waals surface area (Å²) in [7, 11) is 0. The van der Waals surface area contributed by atoms with Crippen molar-refractivity contribution in [3.63, 3.8) is 0 Å². The predicted molar refractivity (Wildman–Crippen MR) is 57.5 cm³/mol. The van der Waals surface area contributed by atoms with Crippen molar-refractivity contribution in [3.8, 4) is 0 Å². The van der Waals surface area contributed by atoms with Crippen molar-refractivity contribution in [2.75, 3.05) is 0 Å². The van der Waals surface area contributed by atoms with E-state index in [0.717, 1.165) is 6.42 Å². The minimum atomic E-state index is -6.36. The molecule has 0 aliphatic heterocycles. The van der Waals surface area contributed by atoms with Crippen LogP contribution in [0, 0.1) is 17.8 Å². The summed E-state index contributed by atoms with van der Waals surface area (Å²) in [6.45, 7) is 0. The lowest BCUT2D eigenvalue weighted by Crippen LogP contribution is -2.59. The standard InChI is InChI=1S/C12H12F6O4/c13-10(14,9(20)21)11(15,16)12(17,18)22-8(19)7-4-5-1-2-6(7)3-5/h5-7H,1-4H2,(H,20,21). The van der Waals surface area contributed by atoms with E-state index in [2.05, 4.69) is 4.74 Å². The van der Waals surface area contributed by atoms with E-state index in [9.17, 15) is 35.9 Å². The van der Waals surface area contributed by atoms with E-state index in [1.807, 2.05) is 0 Å². The number of carbonyl (C=O) groups is 2. The first-order chi connectivity index (χ1) is 9.90. The Kier molecular flexibility index (Phi) is 3.85. The van der Waals surface area contributed by atoms with Gasteiger partial charge in [-0.2, -0.15) is 26.3 Å². The predicted octanol–water partition coefficient (Wildman–Crippen LogP) is 2.91. The number of aliphatic carboxylic acids is 1. The number of ether oxygens (including phenoxy) is 1. The van der Waals surface area contributed by atoms with E-state index < -0.39 is 35.8 Å². The highest BCUT2D eigenvalue weighted by Gasteiger charge is 2.78. The second kappa shape index (κ2) is 5.02. The molecule has 4 nitrogen and oxygen atoms in total. The fourth-order valence-electron chi connectivity index (χ4n) is 3.12. The SMILES string of the molecule is O=C(OC(F)(F)C(F)(F)C(F)(F)C(=O)O)C1CC2CCC1C2. The lowest BCUT2D eigenvalue weighted by molar-refractivity contribution is -0.379. The molecule has 0 spiro atoms. The molecule has 2 bridgehead atoms. The fourth-order valence-corrected chi connectivity index (χ4v) is 3.12. The number of halogens is 6. The number of carboxylic acid groups (broad SMARTS) is 1. The minimum Gasteiger partial charge on any atom is -0.477 e. The molecule has 2 aliphatic rings. The first-order valence-corrected chi connectivity index (χ1v) is 6.50. The highest BCUT2D eigenvalue weighted by Crippen LogP contribution is 2.51. The molecule has 0 aromatic rings. The van der Waals surface area contributed by atoms with Gasteiger partial charge < -0.3 is 9.84 Å². The largest absolute Gasteiger partial charge is 0.477 e. The topological polar surface area (TPSA) is 63.6 Å². The minimum absolute atomic E-state index is 0.108. The Morgan fingerprint density at radius 3 is 2.00 bits per heavy atom. The van der Waals surface area contributed by atoms with Crippen LogP contribution in [0.15, 0.2) is 0 Å². The number of fused-ring (bicyclic) bond motifs is 2. The highest BCUT2D eigenvalue weighted by atomic mass is 19.3.